The summed E-state index contributed by atoms with van der Waals surface area (Å²) in [6.45, 7) is 1.43. The van der Waals surface area contributed by atoms with Gasteiger partial charge < -0.3 is 26.4 Å². The van der Waals surface area contributed by atoms with Crippen LogP contribution in [0.4, 0.5) is 4.39 Å². The van der Waals surface area contributed by atoms with Gasteiger partial charge in [-0.15, -0.1) is 5.10 Å². The molecule has 3 aliphatic heterocycles. The van der Waals surface area contributed by atoms with Crippen molar-refractivity contribution in [3.63, 3.8) is 0 Å². The van der Waals surface area contributed by atoms with Crippen LogP contribution in [-0.2, 0) is 4.74 Å². The molecule has 0 amide bonds. The van der Waals surface area contributed by atoms with Crippen LogP contribution in [0.15, 0.2) is 15.1 Å². The van der Waals surface area contributed by atoms with Gasteiger partial charge in [0.2, 0.25) is 5.96 Å². The van der Waals surface area contributed by atoms with E-state index in [4.69, 9.17) is 16.2 Å². The van der Waals surface area contributed by atoms with Crippen molar-refractivity contribution in [2.75, 3.05) is 13.2 Å². The predicted octanol–water partition coefficient (Wildman–Crippen LogP) is -2.09. The van der Waals surface area contributed by atoms with E-state index in [2.05, 4.69) is 15.1 Å². The lowest BCUT2D eigenvalue weighted by molar-refractivity contribution is -0.122. The van der Waals surface area contributed by atoms with Crippen LogP contribution >= 0.6 is 0 Å². The zero-order chi connectivity index (χ0) is 16.1. The Kier molecular flexibility index (Phi) is 3.54. The van der Waals surface area contributed by atoms with E-state index in [1.807, 2.05) is 0 Å². The molecule has 0 saturated carbocycles. The summed E-state index contributed by atoms with van der Waals surface area (Å²) in [6, 6.07) is -0.604. The standard InChI is InChI=1S/C12H19FN6O3/c1-2-12(4-20)8(21)6(13)7(22-12)5-3-16-10-9(14)17-11(15)18-19(5)10/h5-8,20-21H,2-4H2,1H3,(H4,14,15,17,18)/t5?,6-,7-,8-,12+/m0/s1. The van der Waals surface area contributed by atoms with E-state index in [1.165, 1.54) is 5.01 Å². The SMILES string of the molecule is CC[C@]1(CO)O[C@@H](C2CN=C3C(N)=NC(N)=NN32)[C@H](F)[C@@H]1O. The molecule has 0 bridgehead atoms. The summed E-state index contributed by atoms with van der Waals surface area (Å²) in [5, 5.41) is 25.0. The molecule has 0 aromatic heterocycles. The number of aliphatic hydroxyl groups excluding tert-OH is 2. The van der Waals surface area contributed by atoms with Crippen molar-refractivity contribution in [1.82, 2.24) is 5.01 Å². The molecule has 5 atom stereocenters. The highest BCUT2D eigenvalue weighted by Gasteiger charge is 2.58. The molecule has 6 N–H and O–H groups in total. The molecule has 1 unspecified atom stereocenters. The fourth-order valence-corrected chi connectivity index (χ4v) is 3.06. The van der Waals surface area contributed by atoms with E-state index in [0.717, 1.165) is 0 Å². The number of guanidine groups is 1. The Labute approximate surface area is 126 Å². The van der Waals surface area contributed by atoms with E-state index >= 15 is 0 Å². The third kappa shape index (κ3) is 1.98. The van der Waals surface area contributed by atoms with Crippen LogP contribution in [0.2, 0.25) is 0 Å². The number of hydrogen-bond acceptors (Lipinski definition) is 9. The van der Waals surface area contributed by atoms with Crippen molar-refractivity contribution in [1.29, 1.82) is 0 Å². The lowest BCUT2D eigenvalue weighted by Gasteiger charge is -2.31. The van der Waals surface area contributed by atoms with Crippen LogP contribution in [-0.4, -0.2) is 76.0 Å². The lowest BCUT2D eigenvalue weighted by Crippen LogP contribution is -2.51. The number of nitrogens with two attached hydrogens (primary N) is 2. The van der Waals surface area contributed by atoms with Crippen molar-refractivity contribution >= 4 is 17.6 Å². The normalized spacial score (nSPS) is 41.1. The topological polar surface area (TPSA) is 142 Å². The zero-order valence-electron chi connectivity index (χ0n) is 12.1. The fraction of sp³-hybridized carbons (Fsp3) is 0.750. The number of aliphatic imine (C=N–C) groups is 2. The number of nitrogens with zero attached hydrogens (tertiary/aromatic N) is 4. The molecule has 0 aliphatic carbocycles. The maximum Gasteiger partial charge on any atom is 0.240 e. The Morgan fingerprint density at radius 2 is 2.23 bits per heavy atom. The molecular weight excluding hydrogens is 295 g/mol. The summed E-state index contributed by atoms with van der Waals surface area (Å²) < 4.78 is 20.2. The van der Waals surface area contributed by atoms with Gasteiger partial charge in [0.05, 0.1) is 13.2 Å². The summed E-state index contributed by atoms with van der Waals surface area (Å²) in [7, 11) is 0. The number of alkyl halides is 1. The molecular formula is C12H19FN6O3. The number of rotatable bonds is 3. The Balaban J connectivity index is 1.86. The monoisotopic (exact) mass is 314 g/mol. The van der Waals surface area contributed by atoms with Gasteiger partial charge in [0.1, 0.15) is 23.9 Å². The number of ether oxygens (including phenoxy) is 1. The summed E-state index contributed by atoms with van der Waals surface area (Å²) in [5.74, 6) is 0.358. The molecule has 0 aromatic rings. The molecule has 3 heterocycles. The second-order valence-electron chi connectivity index (χ2n) is 5.58. The average molecular weight is 314 g/mol. The molecule has 122 valence electrons. The first-order chi connectivity index (χ1) is 10.4. The molecule has 0 radical (unpaired) electrons. The second-order valence-corrected chi connectivity index (χ2v) is 5.58. The van der Waals surface area contributed by atoms with Crippen LogP contribution in [0, 0.1) is 0 Å². The number of aliphatic hydroxyl groups is 2. The van der Waals surface area contributed by atoms with Crippen LogP contribution in [0.3, 0.4) is 0 Å². The van der Waals surface area contributed by atoms with E-state index in [9.17, 15) is 14.6 Å². The van der Waals surface area contributed by atoms with Gasteiger partial charge >= 0.3 is 0 Å². The minimum atomic E-state index is -1.68. The highest BCUT2D eigenvalue weighted by Crippen LogP contribution is 2.39. The number of hydrogen-bond donors (Lipinski definition) is 4. The number of fused-ring (bicyclic) bond motifs is 1. The quantitative estimate of drug-likeness (QED) is 0.470. The van der Waals surface area contributed by atoms with Crippen LogP contribution in [0.1, 0.15) is 13.3 Å². The van der Waals surface area contributed by atoms with Gasteiger partial charge in [0, 0.05) is 0 Å². The number of halogens is 1. The van der Waals surface area contributed by atoms with Crippen LogP contribution < -0.4 is 11.5 Å². The smallest absolute Gasteiger partial charge is 0.240 e. The van der Waals surface area contributed by atoms with Gasteiger partial charge in [-0.1, -0.05) is 6.92 Å². The van der Waals surface area contributed by atoms with E-state index < -0.39 is 36.6 Å². The predicted molar refractivity (Wildman–Crippen MR) is 77.1 cm³/mol. The van der Waals surface area contributed by atoms with E-state index in [0.29, 0.717) is 5.84 Å². The van der Waals surface area contributed by atoms with Crippen molar-refractivity contribution in [2.45, 2.75) is 43.4 Å². The molecule has 9 nitrogen and oxygen atoms in total. The summed E-state index contributed by atoms with van der Waals surface area (Å²) in [5.41, 5.74) is 9.98. The third-order valence-electron chi connectivity index (χ3n) is 4.40. The number of hydrazone groups is 1. The van der Waals surface area contributed by atoms with E-state index in [1.54, 1.807) is 6.92 Å². The largest absolute Gasteiger partial charge is 0.393 e. The number of amidine groups is 2. The van der Waals surface area contributed by atoms with Crippen molar-refractivity contribution in [2.24, 2.45) is 26.6 Å². The van der Waals surface area contributed by atoms with Crippen LogP contribution in [0.25, 0.3) is 0 Å². The Hall–Kier alpha value is -1.78. The van der Waals surface area contributed by atoms with Gasteiger partial charge in [-0.2, -0.15) is 4.99 Å². The highest BCUT2D eigenvalue weighted by atomic mass is 19.1. The lowest BCUT2D eigenvalue weighted by atomic mass is 9.92. The van der Waals surface area contributed by atoms with Gasteiger partial charge in [-0.25, -0.2) is 9.40 Å². The van der Waals surface area contributed by atoms with E-state index in [-0.39, 0.29) is 24.8 Å². The van der Waals surface area contributed by atoms with Gasteiger partial charge in [0.15, 0.2) is 17.8 Å². The molecule has 0 spiro atoms. The van der Waals surface area contributed by atoms with Crippen molar-refractivity contribution in [3.05, 3.63) is 0 Å². The van der Waals surface area contributed by atoms with Crippen molar-refractivity contribution in [3.8, 4) is 0 Å². The molecule has 1 saturated heterocycles. The Morgan fingerprint density at radius 3 is 2.82 bits per heavy atom. The Bertz CT molecular complexity index is 561. The Morgan fingerprint density at radius 1 is 1.50 bits per heavy atom. The molecule has 0 aromatic carbocycles. The average Bonchev–Trinajstić information content (AvgIpc) is 3.01. The molecule has 10 heteroatoms. The first-order valence-corrected chi connectivity index (χ1v) is 7.06. The molecule has 3 aliphatic rings. The first kappa shape index (κ1) is 15.1. The molecule has 3 rings (SSSR count). The highest BCUT2D eigenvalue weighted by molar-refractivity contribution is 6.42. The summed E-state index contributed by atoms with van der Waals surface area (Å²) in [6.07, 6.45) is -3.83. The maximum atomic E-state index is 14.6. The second kappa shape index (κ2) is 5.14. The van der Waals surface area contributed by atoms with Gasteiger partial charge in [-0.05, 0) is 6.42 Å². The van der Waals surface area contributed by atoms with Crippen molar-refractivity contribution < 1.29 is 19.3 Å². The van der Waals surface area contributed by atoms with Gasteiger partial charge in [0.25, 0.3) is 0 Å². The molecule has 1 fully saturated rings. The fourth-order valence-electron chi connectivity index (χ4n) is 3.06. The summed E-state index contributed by atoms with van der Waals surface area (Å²) in [4.78, 5) is 8.00. The third-order valence-corrected chi connectivity index (χ3v) is 4.40. The summed E-state index contributed by atoms with van der Waals surface area (Å²) >= 11 is 0. The maximum absolute atomic E-state index is 14.6. The molecule has 22 heavy (non-hydrogen) atoms. The minimum Gasteiger partial charge on any atom is -0.393 e. The van der Waals surface area contributed by atoms with Gasteiger partial charge in [-0.3, -0.25) is 4.99 Å². The zero-order valence-corrected chi connectivity index (χ0v) is 12.1. The van der Waals surface area contributed by atoms with Crippen LogP contribution in [0.5, 0.6) is 0 Å². The first-order valence-electron chi connectivity index (χ1n) is 7.06. The minimum absolute atomic E-state index is 0.0544.